The quantitative estimate of drug-likeness (QED) is 0.514. The molecule has 1 saturated heterocycles. The number of pyridine rings is 1. The van der Waals surface area contributed by atoms with Crippen LogP contribution in [0.3, 0.4) is 0 Å². The van der Waals surface area contributed by atoms with Crippen molar-refractivity contribution in [3.8, 4) is 11.5 Å². The molecule has 1 amide bonds. The minimum Gasteiger partial charge on any atom is -0.463 e. The van der Waals surface area contributed by atoms with E-state index in [2.05, 4.69) is 15.3 Å². The molecular weight excluding hydrogens is 432 g/mol. The van der Waals surface area contributed by atoms with Gasteiger partial charge in [-0.05, 0) is 51.8 Å². The molecule has 4 heterocycles. The molecule has 1 atom stereocenters. The van der Waals surface area contributed by atoms with Gasteiger partial charge < -0.3 is 19.0 Å². The number of imidazole rings is 1. The average Bonchev–Trinajstić information content (AvgIpc) is 3.44. The molecule has 1 aliphatic heterocycles. The molecule has 0 radical (unpaired) electrons. The van der Waals surface area contributed by atoms with Crippen LogP contribution in [-0.2, 0) is 14.6 Å². The van der Waals surface area contributed by atoms with Crippen LogP contribution in [0.2, 0.25) is 0 Å². The number of ether oxygens (including phenoxy) is 1. The first-order valence-electron chi connectivity index (χ1n) is 10.8. The Hall–Kier alpha value is -2.72. The number of carbonyl (C=O) groups excluding carboxylic acids is 1. The van der Waals surface area contributed by atoms with Crippen LogP contribution in [0, 0.1) is 6.92 Å². The van der Waals surface area contributed by atoms with E-state index in [9.17, 15) is 13.2 Å². The number of carbonyl (C=O) groups is 1. The van der Waals surface area contributed by atoms with Gasteiger partial charge in [0.05, 0.1) is 35.4 Å². The van der Waals surface area contributed by atoms with Gasteiger partial charge in [-0.25, -0.2) is 18.4 Å². The van der Waals surface area contributed by atoms with E-state index in [1.54, 1.807) is 18.4 Å². The van der Waals surface area contributed by atoms with E-state index in [0.717, 1.165) is 0 Å². The second-order valence-corrected chi connectivity index (χ2v) is 10.5. The molecule has 1 unspecified atom stereocenters. The zero-order valence-electron chi connectivity index (χ0n) is 18.5. The third-order valence-corrected chi connectivity index (χ3v) is 7.22. The Balaban J connectivity index is 1.70. The summed E-state index contributed by atoms with van der Waals surface area (Å²) in [5.41, 5.74) is 1.83. The van der Waals surface area contributed by atoms with Gasteiger partial charge in [0.2, 0.25) is 0 Å². The Kier molecular flexibility index (Phi) is 6.34. The maximum Gasteiger partial charge on any atom is 0.272 e. The minimum atomic E-state index is -3.08. The van der Waals surface area contributed by atoms with Gasteiger partial charge in [0.25, 0.3) is 5.91 Å². The molecule has 0 aliphatic carbocycles. The minimum absolute atomic E-state index is 0.0646. The summed E-state index contributed by atoms with van der Waals surface area (Å²) >= 11 is 0. The van der Waals surface area contributed by atoms with Gasteiger partial charge in [0, 0.05) is 13.2 Å². The van der Waals surface area contributed by atoms with Gasteiger partial charge in [-0.15, -0.1) is 0 Å². The molecule has 4 rings (SSSR count). The third-order valence-electron chi connectivity index (χ3n) is 5.47. The molecule has 9 nitrogen and oxygen atoms in total. The largest absolute Gasteiger partial charge is 0.463 e. The Labute approximate surface area is 187 Å². The molecule has 1 N–H and O–H groups in total. The fraction of sp³-hybridized carbons (Fsp3) is 0.500. The highest BCUT2D eigenvalue weighted by Crippen LogP contribution is 2.32. The van der Waals surface area contributed by atoms with Crippen LogP contribution in [0.4, 0.5) is 0 Å². The van der Waals surface area contributed by atoms with Crippen molar-refractivity contribution >= 4 is 26.8 Å². The Morgan fingerprint density at radius 3 is 2.84 bits per heavy atom. The van der Waals surface area contributed by atoms with Crippen LogP contribution < -0.4 is 5.32 Å². The van der Waals surface area contributed by atoms with E-state index in [0.29, 0.717) is 54.3 Å². The number of aryl methyl sites for hydroxylation is 1. The summed E-state index contributed by atoms with van der Waals surface area (Å²) in [4.78, 5) is 22.2. The Morgan fingerprint density at radius 2 is 2.19 bits per heavy atom. The smallest absolute Gasteiger partial charge is 0.272 e. The van der Waals surface area contributed by atoms with Gasteiger partial charge in [-0.3, -0.25) is 4.79 Å². The molecule has 0 bridgehead atoms. The summed E-state index contributed by atoms with van der Waals surface area (Å²) in [5.74, 6) is 1.06. The molecule has 3 aromatic rings. The highest BCUT2D eigenvalue weighted by molar-refractivity contribution is 7.91. The number of fused-ring (bicyclic) bond motifs is 1. The highest BCUT2D eigenvalue weighted by atomic mass is 32.2. The van der Waals surface area contributed by atoms with Gasteiger partial charge in [0.1, 0.15) is 17.0 Å². The van der Waals surface area contributed by atoms with Crippen molar-refractivity contribution in [2.75, 3.05) is 24.7 Å². The lowest BCUT2D eigenvalue weighted by atomic mass is 10.2. The number of amides is 1. The van der Waals surface area contributed by atoms with Crippen molar-refractivity contribution < 1.29 is 22.4 Å². The number of hydrogen-bond donors (Lipinski definition) is 1. The predicted molar refractivity (Wildman–Crippen MR) is 120 cm³/mol. The van der Waals surface area contributed by atoms with Gasteiger partial charge >= 0.3 is 0 Å². The summed E-state index contributed by atoms with van der Waals surface area (Å²) in [5, 5.41) is 2.89. The Morgan fingerprint density at radius 1 is 1.38 bits per heavy atom. The number of nitrogens with one attached hydrogen (secondary N) is 1. The molecule has 10 heteroatoms. The number of aromatic nitrogens is 3. The molecule has 0 saturated carbocycles. The summed E-state index contributed by atoms with van der Waals surface area (Å²) in [6.07, 6.45) is 2.88. The van der Waals surface area contributed by atoms with E-state index in [-0.39, 0.29) is 35.3 Å². The first kappa shape index (κ1) is 22.5. The van der Waals surface area contributed by atoms with Crippen LogP contribution in [0.15, 0.2) is 28.9 Å². The summed E-state index contributed by atoms with van der Waals surface area (Å²) in [6.45, 7) is 6.75. The van der Waals surface area contributed by atoms with Crippen molar-refractivity contribution in [3.63, 3.8) is 0 Å². The maximum absolute atomic E-state index is 13.0. The number of nitrogens with zero attached hydrogens (tertiary/aromatic N) is 3. The van der Waals surface area contributed by atoms with Crippen LogP contribution >= 0.6 is 0 Å². The van der Waals surface area contributed by atoms with Crippen LogP contribution in [-0.4, -0.2) is 59.6 Å². The fourth-order valence-corrected chi connectivity index (χ4v) is 5.73. The lowest BCUT2D eigenvalue weighted by Gasteiger charge is -2.14. The number of furan rings is 1. The molecule has 172 valence electrons. The summed E-state index contributed by atoms with van der Waals surface area (Å²) in [6, 6.07) is 5.11. The molecule has 1 aliphatic rings. The highest BCUT2D eigenvalue weighted by Gasteiger charge is 2.32. The van der Waals surface area contributed by atoms with E-state index in [4.69, 9.17) is 9.15 Å². The van der Waals surface area contributed by atoms with Gasteiger partial charge in [0.15, 0.2) is 21.3 Å². The fourth-order valence-electron chi connectivity index (χ4n) is 4.03. The van der Waals surface area contributed by atoms with Crippen molar-refractivity contribution in [1.29, 1.82) is 0 Å². The number of hydrogen-bond acceptors (Lipinski definition) is 7. The first-order valence-corrected chi connectivity index (χ1v) is 12.6. The number of sulfone groups is 1. The van der Waals surface area contributed by atoms with E-state index >= 15 is 0 Å². The molecule has 0 spiro atoms. The lowest BCUT2D eigenvalue weighted by Crippen LogP contribution is -2.27. The van der Waals surface area contributed by atoms with Gasteiger partial charge in [-0.1, -0.05) is 0 Å². The zero-order valence-corrected chi connectivity index (χ0v) is 19.3. The zero-order chi connectivity index (χ0) is 22.9. The second kappa shape index (κ2) is 9.03. The third kappa shape index (κ3) is 4.71. The molecule has 3 aromatic heterocycles. The van der Waals surface area contributed by atoms with Crippen molar-refractivity contribution in [2.45, 2.75) is 45.8 Å². The topological polar surface area (TPSA) is 116 Å². The van der Waals surface area contributed by atoms with Crippen LogP contribution in [0.5, 0.6) is 0 Å². The Bertz CT molecular complexity index is 1210. The molecule has 32 heavy (non-hydrogen) atoms. The SMILES string of the molecule is Cc1nc2c(C(=O)NCCCOC(C)C)nc(-c3ccco3)cc2n1C1CCS(=O)(=O)C1. The first-order chi connectivity index (χ1) is 15.2. The normalized spacial score (nSPS) is 17.9. The van der Waals surface area contributed by atoms with Crippen LogP contribution in [0.25, 0.3) is 22.5 Å². The van der Waals surface area contributed by atoms with Crippen molar-refractivity contribution in [2.24, 2.45) is 0 Å². The van der Waals surface area contributed by atoms with E-state index < -0.39 is 9.84 Å². The molecule has 0 aromatic carbocycles. The van der Waals surface area contributed by atoms with Crippen molar-refractivity contribution in [1.82, 2.24) is 19.9 Å². The molecular formula is C22H28N4O5S. The maximum atomic E-state index is 13.0. The standard InChI is InChI=1S/C22H28N4O5S/c1-14(2)30-10-5-8-23-22(27)21-20-18(12-17(25-21)19-6-4-9-31-19)26(15(3)24-20)16-7-11-32(28,29)13-16/h4,6,9,12,14,16H,5,7-8,10-11,13H2,1-3H3,(H,23,27). The van der Waals surface area contributed by atoms with E-state index in [1.165, 1.54) is 0 Å². The monoisotopic (exact) mass is 460 g/mol. The average molecular weight is 461 g/mol. The lowest BCUT2D eigenvalue weighted by molar-refractivity contribution is 0.0756. The molecule has 1 fully saturated rings. The van der Waals surface area contributed by atoms with Gasteiger partial charge in [-0.2, -0.15) is 0 Å². The second-order valence-electron chi connectivity index (χ2n) is 8.32. The van der Waals surface area contributed by atoms with Crippen LogP contribution in [0.1, 0.15) is 49.0 Å². The van der Waals surface area contributed by atoms with Crippen molar-refractivity contribution in [3.05, 3.63) is 36.0 Å². The van der Waals surface area contributed by atoms with E-state index in [1.807, 2.05) is 31.4 Å². The number of rotatable bonds is 8. The summed E-state index contributed by atoms with van der Waals surface area (Å²) in [7, 11) is -3.08. The predicted octanol–water partition coefficient (Wildman–Crippen LogP) is 2.90. The summed E-state index contributed by atoms with van der Waals surface area (Å²) < 4.78 is 37.1.